The van der Waals surface area contributed by atoms with Gasteiger partial charge in [0.05, 0.1) is 18.5 Å². The van der Waals surface area contributed by atoms with Crippen LogP contribution in [-0.2, 0) is 6.42 Å². The summed E-state index contributed by atoms with van der Waals surface area (Å²) in [5.41, 5.74) is 5.78. The Kier molecular flexibility index (Phi) is 9.31. The van der Waals surface area contributed by atoms with Crippen molar-refractivity contribution in [3.8, 4) is 34.3 Å². The molecule has 0 amide bonds. The van der Waals surface area contributed by atoms with Gasteiger partial charge in [-0.2, -0.15) is 0 Å². The van der Waals surface area contributed by atoms with Crippen molar-refractivity contribution in [2.24, 2.45) is 4.99 Å². The van der Waals surface area contributed by atoms with Crippen LogP contribution in [0.2, 0.25) is 0 Å². The molecule has 5 aromatic rings. The van der Waals surface area contributed by atoms with Gasteiger partial charge in [-0.1, -0.05) is 56.4 Å². The molecule has 3 aromatic carbocycles. The highest BCUT2D eigenvalue weighted by Gasteiger charge is 2.31. The molecule has 0 N–H and O–H groups in total. The van der Waals surface area contributed by atoms with E-state index in [1.54, 1.807) is 18.4 Å². The van der Waals surface area contributed by atoms with Gasteiger partial charge in [-0.3, -0.25) is 4.57 Å². The van der Waals surface area contributed by atoms with E-state index in [2.05, 4.69) is 51.6 Å². The van der Waals surface area contributed by atoms with E-state index < -0.39 is 6.36 Å². The Bertz CT molecular complexity index is 1820. The number of aryl methyl sites for hydroxylation is 2. The fraction of sp³-hybridized carbons (Fsp3) is 0.250. The van der Waals surface area contributed by atoms with Crippen molar-refractivity contribution in [1.29, 1.82) is 0 Å². The van der Waals surface area contributed by atoms with Gasteiger partial charge in [-0.05, 0) is 60.7 Å². The first kappa shape index (κ1) is 31.1. The molecular formula is C32H30F3N5O2S2. The molecule has 5 rings (SSSR count). The normalized spacial score (nSPS) is 12.1. The molecule has 7 nitrogen and oxygen atoms in total. The van der Waals surface area contributed by atoms with Crippen molar-refractivity contribution in [2.75, 3.05) is 7.11 Å². The molecule has 0 fully saturated rings. The zero-order valence-corrected chi connectivity index (χ0v) is 26.1. The van der Waals surface area contributed by atoms with Crippen LogP contribution in [0.3, 0.4) is 0 Å². The molecule has 0 saturated heterocycles. The minimum atomic E-state index is -4.74. The van der Waals surface area contributed by atoms with Crippen LogP contribution in [0.4, 0.5) is 13.2 Å². The second-order valence-corrected chi connectivity index (χ2v) is 11.6. The van der Waals surface area contributed by atoms with Crippen molar-refractivity contribution in [3.63, 3.8) is 0 Å². The van der Waals surface area contributed by atoms with Gasteiger partial charge >= 0.3 is 6.36 Å². The van der Waals surface area contributed by atoms with Gasteiger partial charge in [0.2, 0.25) is 0 Å². The number of hydrogen-bond donors (Lipinski definition) is 0. The first-order valence-electron chi connectivity index (χ1n) is 13.8. The zero-order valence-electron chi connectivity index (χ0n) is 24.5. The molecule has 0 aliphatic rings. The summed E-state index contributed by atoms with van der Waals surface area (Å²) in [6, 6.07) is 19.4. The van der Waals surface area contributed by atoms with Gasteiger partial charge in [0.25, 0.3) is 0 Å². The van der Waals surface area contributed by atoms with Crippen LogP contribution in [0, 0.1) is 6.92 Å². The molecule has 44 heavy (non-hydrogen) atoms. The number of halogens is 3. The van der Waals surface area contributed by atoms with Crippen LogP contribution >= 0.6 is 23.6 Å². The summed E-state index contributed by atoms with van der Waals surface area (Å²) < 4.78 is 50.3. The number of thiocarbonyl (C=S) groups is 1. The van der Waals surface area contributed by atoms with E-state index in [0.717, 1.165) is 39.5 Å². The number of thiazole rings is 1. The third-order valence-electron chi connectivity index (χ3n) is 6.87. The fourth-order valence-corrected chi connectivity index (χ4v) is 5.79. The van der Waals surface area contributed by atoms with Crippen LogP contribution in [0.1, 0.15) is 43.0 Å². The predicted octanol–water partition coefficient (Wildman–Crippen LogP) is 7.99. The largest absolute Gasteiger partial charge is 0.573 e. The summed E-state index contributed by atoms with van der Waals surface area (Å²) in [5, 5.41) is 6.55. The van der Waals surface area contributed by atoms with Crippen molar-refractivity contribution in [1.82, 2.24) is 19.3 Å². The molecule has 0 atom stereocenters. The Balaban J connectivity index is 1.26. The molecule has 2 heterocycles. The number of ether oxygens (including phenoxy) is 2. The number of benzene rings is 3. The molecule has 0 radical (unpaired) electrons. The monoisotopic (exact) mass is 637 g/mol. The lowest BCUT2D eigenvalue weighted by Crippen LogP contribution is -2.18. The number of aromatic nitrogens is 4. The second-order valence-electron chi connectivity index (χ2n) is 10.3. The minimum Gasteiger partial charge on any atom is -0.497 e. The molecule has 0 aliphatic heterocycles. The molecule has 228 valence electrons. The topological polar surface area (TPSA) is 66.5 Å². The Morgan fingerprint density at radius 2 is 1.73 bits per heavy atom. The first-order chi connectivity index (χ1) is 21.0. The maximum absolute atomic E-state index is 12.4. The summed E-state index contributed by atoms with van der Waals surface area (Å²) in [5.74, 6) is 1.30. The van der Waals surface area contributed by atoms with Crippen molar-refractivity contribution in [3.05, 3.63) is 100 Å². The third-order valence-corrected chi connectivity index (χ3v) is 8.11. The zero-order chi connectivity index (χ0) is 31.4. The first-order valence-corrected chi connectivity index (χ1v) is 15.1. The van der Waals surface area contributed by atoms with Crippen LogP contribution in [0.25, 0.3) is 22.8 Å². The highest BCUT2D eigenvalue weighted by molar-refractivity contribution is 7.80. The maximum atomic E-state index is 12.4. The predicted molar refractivity (Wildman–Crippen MR) is 169 cm³/mol. The highest BCUT2D eigenvalue weighted by atomic mass is 32.1. The number of nitrogens with zero attached hydrogens (tertiary/aromatic N) is 5. The summed E-state index contributed by atoms with van der Waals surface area (Å²) >= 11 is 7.25. The number of hydrogen-bond acceptors (Lipinski definition) is 6. The number of rotatable bonds is 9. The van der Waals surface area contributed by atoms with Crippen molar-refractivity contribution < 1.29 is 22.6 Å². The minimum absolute atomic E-state index is 0.300. The molecule has 2 aromatic heterocycles. The maximum Gasteiger partial charge on any atom is 0.573 e. The second kappa shape index (κ2) is 13.1. The van der Waals surface area contributed by atoms with Gasteiger partial charge in [-0.25, -0.2) is 14.7 Å². The smallest absolute Gasteiger partial charge is 0.497 e. The Morgan fingerprint density at radius 3 is 2.39 bits per heavy atom. The molecule has 0 unspecified atom stereocenters. The van der Waals surface area contributed by atoms with Crippen molar-refractivity contribution in [2.45, 2.75) is 45.9 Å². The van der Waals surface area contributed by atoms with Gasteiger partial charge in [0.15, 0.2) is 10.6 Å². The quantitative estimate of drug-likeness (QED) is 0.153. The molecule has 0 bridgehead atoms. The lowest BCUT2D eigenvalue weighted by molar-refractivity contribution is -0.274. The molecule has 0 saturated carbocycles. The van der Waals surface area contributed by atoms with E-state index >= 15 is 0 Å². The van der Waals surface area contributed by atoms with E-state index in [-0.39, 0.29) is 5.75 Å². The summed E-state index contributed by atoms with van der Waals surface area (Å²) in [6.45, 7) is 6.40. The lowest BCUT2D eigenvalue weighted by atomic mass is 10.0. The highest BCUT2D eigenvalue weighted by Crippen LogP contribution is 2.28. The lowest BCUT2D eigenvalue weighted by Gasteiger charge is -2.16. The summed E-state index contributed by atoms with van der Waals surface area (Å²) in [6.07, 6.45) is -1.90. The van der Waals surface area contributed by atoms with E-state index in [0.29, 0.717) is 28.8 Å². The van der Waals surface area contributed by atoms with Gasteiger partial charge in [-0.15, -0.1) is 29.6 Å². The van der Waals surface area contributed by atoms with E-state index in [9.17, 15) is 13.2 Å². The molecule has 0 spiro atoms. The van der Waals surface area contributed by atoms with E-state index in [1.807, 2.05) is 36.4 Å². The third kappa shape index (κ3) is 7.43. The van der Waals surface area contributed by atoms with E-state index in [4.69, 9.17) is 21.9 Å². The molecule has 12 heteroatoms. The van der Waals surface area contributed by atoms with Gasteiger partial charge < -0.3 is 9.47 Å². The van der Waals surface area contributed by atoms with Crippen molar-refractivity contribution >= 4 is 28.5 Å². The standard InChI is InChI=1S/C32H30F3N5O2S2/c1-20(2)27-15-14-26(41-4)17-28(27)40-21(3)18-44-31(40)37-29(43)16-7-22-5-8-23(9-6-22)30-36-19-39(38-30)24-10-12-25(13-11-24)42-32(33,34)35/h5-6,8-15,17-20H,7,16H2,1-4H3. The summed E-state index contributed by atoms with van der Waals surface area (Å²) in [4.78, 5) is 10.6. The summed E-state index contributed by atoms with van der Waals surface area (Å²) in [7, 11) is 1.66. The fourth-order valence-electron chi connectivity index (χ4n) is 4.65. The van der Waals surface area contributed by atoms with Gasteiger partial charge in [0, 0.05) is 29.1 Å². The van der Waals surface area contributed by atoms with Crippen LogP contribution in [0.15, 0.2) is 83.4 Å². The van der Waals surface area contributed by atoms with Crippen LogP contribution in [-0.4, -0.2) is 37.8 Å². The Labute approximate surface area is 262 Å². The van der Waals surface area contributed by atoms with Gasteiger partial charge in [0.1, 0.15) is 22.8 Å². The van der Waals surface area contributed by atoms with Crippen LogP contribution < -0.4 is 14.3 Å². The van der Waals surface area contributed by atoms with E-state index in [1.165, 1.54) is 40.8 Å². The average Bonchev–Trinajstić information content (AvgIpc) is 3.62. The Morgan fingerprint density at radius 1 is 1.02 bits per heavy atom. The SMILES string of the molecule is COc1ccc(C(C)C)c(-n2c(C)csc2=NC(=S)CCc2ccc(-c3ncn(-c4ccc(OC(F)(F)F)cc4)n3)cc2)c1. The molecule has 0 aliphatic carbocycles. The Hall–Kier alpha value is -4.29. The van der Waals surface area contributed by atoms with Crippen LogP contribution in [0.5, 0.6) is 11.5 Å². The molecular weight excluding hydrogens is 608 g/mol. The average molecular weight is 638 g/mol. The number of methoxy groups -OCH3 is 1. The number of alkyl halides is 3.